The number of β-amino-alcohol motifs (C(OH)–C–C–N with tert-alkyl or cyclic N) is 1. The van der Waals surface area contributed by atoms with Gasteiger partial charge in [0.25, 0.3) is 5.91 Å². The van der Waals surface area contributed by atoms with Crippen molar-refractivity contribution in [3.8, 4) is 0 Å². The van der Waals surface area contributed by atoms with Crippen molar-refractivity contribution >= 4 is 23.2 Å². The van der Waals surface area contributed by atoms with E-state index in [1.54, 1.807) is 22.2 Å². The van der Waals surface area contributed by atoms with Gasteiger partial charge in [-0.2, -0.15) is 11.3 Å². The molecule has 1 saturated heterocycles. The number of likely N-dealkylation sites (N-methyl/N-ethyl adjacent to an activating group) is 1. The molecule has 7 heteroatoms. The number of rotatable bonds is 4. The van der Waals surface area contributed by atoms with Gasteiger partial charge in [-0.25, -0.2) is 0 Å². The van der Waals surface area contributed by atoms with Gasteiger partial charge < -0.3 is 15.1 Å². The molecule has 6 nitrogen and oxygen atoms in total. The van der Waals surface area contributed by atoms with Crippen LogP contribution in [-0.2, 0) is 4.79 Å². The zero-order valence-corrected chi connectivity index (χ0v) is 12.3. The number of hydrogen-bond donors (Lipinski definition) is 2. The van der Waals surface area contributed by atoms with Crippen molar-refractivity contribution in [1.82, 2.24) is 9.80 Å². The zero-order chi connectivity index (χ0) is 14.9. The Hall–Kier alpha value is -1.44. The molecule has 1 aliphatic heterocycles. The molecular formula is C13H18N2O4S. The van der Waals surface area contributed by atoms with E-state index < -0.39 is 12.1 Å². The fourth-order valence-electron chi connectivity index (χ4n) is 2.45. The van der Waals surface area contributed by atoms with Crippen molar-refractivity contribution in [2.24, 2.45) is 0 Å². The maximum Gasteiger partial charge on any atom is 0.317 e. The highest BCUT2D eigenvalue weighted by Crippen LogP contribution is 2.21. The molecule has 1 fully saturated rings. The van der Waals surface area contributed by atoms with Gasteiger partial charge in [0.15, 0.2) is 0 Å². The van der Waals surface area contributed by atoms with Gasteiger partial charge in [0.1, 0.15) is 0 Å². The van der Waals surface area contributed by atoms with E-state index in [4.69, 9.17) is 5.11 Å². The summed E-state index contributed by atoms with van der Waals surface area (Å²) in [6.07, 6.45) is -0.720. The molecule has 1 aromatic heterocycles. The van der Waals surface area contributed by atoms with Gasteiger partial charge in [-0.3, -0.25) is 14.5 Å². The lowest BCUT2D eigenvalue weighted by Crippen LogP contribution is -2.43. The van der Waals surface area contributed by atoms with Crippen molar-refractivity contribution in [2.75, 3.05) is 26.7 Å². The second kappa shape index (κ2) is 5.90. The van der Waals surface area contributed by atoms with E-state index in [0.717, 1.165) is 5.56 Å². The van der Waals surface area contributed by atoms with Crippen LogP contribution in [0.4, 0.5) is 0 Å². The highest BCUT2D eigenvalue weighted by molar-refractivity contribution is 7.08. The average Bonchev–Trinajstić information content (AvgIpc) is 2.93. The van der Waals surface area contributed by atoms with Gasteiger partial charge in [0.05, 0.1) is 24.3 Å². The monoisotopic (exact) mass is 298 g/mol. The molecule has 2 heterocycles. The van der Waals surface area contributed by atoms with E-state index in [9.17, 15) is 14.7 Å². The Balaban J connectivity index is 2.05. The molecule has 2 rings (SSSR count). The van der Waals surface area contributed by atoms with E-state index in [1.807, 2.05) is 12.3 Å². The van der Waals surface area contributed by atoms with Crippen LogP contribution in [0.5, 0.6) is 0 Å². The maximum absolute atomic E-state index is 12.4. The van der Waals surface area contributed by atoms with Gasteiger partial charge >= 0.3 is 5.97 Å². The topological polar surface area (TPSA) is 81.1 Å². The Labute approximate surface area is 121 Å². The molecular weight excluding hydrogens is 280 g/mol. The lowest BCUT2D eigenvalue weighted by atomic mass is 10.2. The van der Waals surface area contributed by atoms with Crippen LogP contribution >= 0.6 is 11.3 Å². The fraction of sp³-hybridized carbons (Fsp3) is 0.538. The van der Waals surface area contributed by atoms with Gasteiger partial charge in [-0.05, 0) is 24.9 Å². The molecule has 2 N–H and O–H groups in total. The first-order valence-electron chi connectivity index (χ1n) is 6.32. The molecule has 0 aliphatic carbocycles. The van der Waals surface area contributed by atoms with Crippen LogP contribution in [0.15, 0.2) is 10.8 Å². The molecule has 110 valence electrons. The van der Waals surface area contributed by atoms with Crippen LogP contribution in [-0.4, -0.2) is 70.7 Å². The predicted octanol–water partition coefficient (Wildman–Crippen LogP) is 0.258. The third-order valence-electron chi connectivity index (χ3n) is 3.58. The predicted molar refractivity (Wildman–Crippen MR) is 75.0 cm³/mol. The van der Waals surface area contributed by atoms with Crippen LogP contribution in [0.3, 0.4) is 0 Å². The number of aliphatic hydroxyl groups excluding tert-OH is 1. The normalized spacial score (nSPS) is 22.5. The summed E-state index contributed by atoms with van der Waals surface area (Å²) in [6, 6.07) is -0.339. The average molecular weight is 298 g/mol. The summed E-state index contributed by atoms with van der Waals surface area (Å²) in [4.78, 5) is 26.2. The van der Waals surface area contributed by atoms with Crippen molar-refractivity contribution in [2.45, 2.75) is 19.1 Å². The van der Waals surface area contributed by atoms with E-state index in [1.165, 1.54) is 11.3 Å². The fourth-order valence-corrected chi connectivity index (χ4v) is 3.27. The minimum atomic E-state index is -0.946. The number of carbonyl (C=O) groups excluding carboxylic acids is 1. The first kappa shape index (κ1) is 15.0. The molecule has 0 aromatic carbocycles. The van der Waals surface area contributed by atoms with Crippen LogP contribution in [0.1, 0.15) is 15.9 Å². The number of carboxylic acids is 1. The molecule has 0 radical (unpaired) electrons. The first-order chi connectivity index (χ1) is 9.40. The largest absolute Gasteiger partial charge is 0.480 e. The van der Waals surface area contributed by atoms with Crippen LogP contribution < -0.4 is 0 Å². The molecule has 1 unspecified atom stereocenters. The Morgan fingerprint density at radius 2 is 2.15 bits per heavy atom. The number of likely N-dealkylation sites (tertiary alicyclic amines) is 1. The molecule has 0 saturated carbocycles. The second-order valence-corrected chi connectivity index (χ2v) is 5.87. The number of hydrogen-bond acceptors (Lipinski definition) is 5. The summed E-state index contributed by atoms with van der Waals surface area (Å²) < 4.78 is 0. The van der Waals surface area contributed by atoms with E-state index in [-0.39, 0.29) is 25.0 Å². The smallest absolute Gasteiger partial charge is 0.317 e. The van der Waals surface area contributed by atoms with Gasteiger partial charge in [0.2, 0.25) is 0 Å². The van der Waals surface area contributed by atoms with E-state index in [2.05, 4.69) is 0 Å². The number of thiophene rings is 1. The minimum Gasteiger partial charge on any atom is -0.480 e. The summed E-state index contributed by atoms with van der Waals surface area (Å²) in [6.45, 7) is 2.31. The van der Waals surface area contributed by atoms with Crippen LogP contribution in [0.2, 0.25) is 0 Å². The molecule has 2 atom stereocenters. The van der Waals surface area contributed by atoms with Gasteiger partial charge in [-0.1, -0.05) is 0 Å². The Kier molecular flexibility index (Phi) is 4.42. The van der Waals surface area contributed by atoms with E-state index >= 15 is 0 Å². The molecule has 20 heavy (non-hydrogen) atoms. The summed E-state index contributed by atoms with van der Waals surface area (Å²) in [7, 11) is 1.64. The number of carboxylic acid groups (broad SMARTS) is 1. The van der Waals surface area contributed by atoms with Crippen LogP contribution in [0, 0.1) is 6.92 Å². The van der Waals surface area contributed by atoms with Gasteiger partial charge in [-0.15, -0.1) is 0 Å². The van der Waals surface area contributed by atoms with Crippen molar-refractivity contribution in [3.05, 3.63) is 21.9 Å². The maximum atomic E-state index is 12.4. The molecule has 1 aliphatic rings. The first-order valence-corrected chi connectivity index (χ1v) is 7.26. The van der Waals surface area contributed by atoms with Crippen molar-refractivity contribution in [1.29, 1.82) is 0 Å². The zero-order valence-electron chi connectivity index (χ0n) is 11.4. The number of aliphatic carboxylic acids is 1. The quantitative estimate of drug-likeness (QED) is 0.833. The lowest BCUT2D eigenvalue weighted by Gasteiger charge is -2.24. The number of aryl methyl sites for hydroxylation is 1. The standard InChI is InChI=1S/C13H18N2O4S/c1-8-6-20-7-9(8)13(19)15-3-10(11(16)4-15)14(2)5-12(17)18/h6-7,10-11,16H,3-5H2,1-2H3,(H,17,18)/t10?,11-/m1/s1. The lowest BCUT2D eigenvalue weighted by molar-refractivity contribution is -0.138. The highest BCUT2D eigenvalue weighted by Gasteiger charge is 2.37. The summed E-state index contributed by atoms with van der Waals surface area (Å²) >= 11 is 1.47. The SMILES string of the molecule is Cc1cscc1C(=O)N1CC(N(C)CC(=O)O)[C@H](O)C1. The van der Waals surface area contributed by atoms with Crippen LogP contribution in [0.25, 0.3) is 0 Å². The van der Waals surface area contributed by atoms with Crippen molar-refractivity contribution < 1.29 is 19.8 Å². The summed E-state index contributed by atoms with van der Waals surface area (Å²) in [5.41, 5.74) is 1.58. The van der Waals surface area contributed by atoms with Crippen molar-refractivity contribution in [3.63, 3.8) is 0 Å². The third kappa shape index (κ3) is 3.00. The Bertz CT molecular complexity index is 516. The van der Waals surface area contributed by atoms with E-state index in [0.29, 0.717) is 12.1 Å². The number of amides is 1. The third-order valence-corrected chi connectivity index (χ3v) is 4.44. The summed E-state index contributed by atoms with van der Waals surface area (Å²) in [5, 5.41) is 22.5. The molecule has 1 aromatic rings. The molecule has 1 amide bonds. The highest BCUT2D eigenvalue weighted by atomic mass is 32.1. The second-order valence-electron chi connectivity index (χ2n) is 5.12. The number of nitrogens with zero attached hydrogens (tertiary/aromatic N) is 2. The Morgan fingerprint density at radius 3 is 2.70 bits per heavy atom. The van der Waals surface area contributed by atoms with Gasteiger partial charge in [0, 0.05) is 18.5 Å². The number of carbonyl (C=O) groups is 2. The number of aliphatic hydroxyl groups is 1. The molecule has 0 bridgehead atoms. The Morgan fingerprint density at radius 1 is 1.45 bits per heavy atom. The summed E-state index contributed by atoms with van der Waals surface area (Å²) in [5.74, 6) is -1.05. The minimum absolute atomic E-state index is 0.103. The molecule has 0 spiro atoms.